The summed E-state index contributed by atoms with van der Waals surface area (Å²) in [6.07, 6.45) is 0. The maximum atomic E-state index is 12.4. The molecule has 1 fully saturated rings. The van der Waals surface area contributed by atoms with Gasteiger partial charge >= 0.3 is 0 Å². The van der Waals surface area contributed by atoms with E-state index < -0.39 is 16.9 Å². The van der Waals surface area contributed by atoms with E-state index in [2.05, 4.69) is 5.32 Å². The van der Waals surface area contributed by atoms with Crippen LogP contribution >= 0.6 is 0 Å². The first-order valence-corrected chi connectivity index (χ1v) is 6.05. The van der Waals surface area contributed by atoms with Crippen LogP contribution in [0.1, 0.15) is 17.3 Å². The van der Waals surface area contributed by atoms with Crippen molar-refractivity contribution in [3.63, 3.8) is 0 Å². The largest absolute Gasteiger partial charge is 0.393 e. The fraction of sp³-hybridized carbons (Fsp3) is 0.333. The number of carbonyl (C=O) groups excluding carboxylic acids is 2. The number of nitro groups is 1. The van der Waals surface area contributed by atoms with E-state index in [1.54, 1.807) is 6.92 Å². The van der Waals surface area contributed by atoms with E-state index in [1.807, 2.05) is 0 Å². The molecule has 1 unspecified atom stereocenters. The first kappa shape index (κ1) is 13.8. The molecular weight excluding hydrogens is 264 g/mol. The highest BCUT2D eigenvalue weighted by Crippen LogP contribution is 2.26. The minimum atomic E-state index is -0.640. The number of nitrogens with zero attached hydrogens (tertiary/aromatic N) is 2. The SMILES string of the molecule is CC1C(=O)NCCN1C(=O)c1cccc([N+](=O)[O-])c1N. The number of para-hydroxylation sites is 1. The molecule has 1 saturated heterocycles. The lowest BCUT2D eigenvalue weighted by Gasteiger charge is -2.33. The number of nitrogen functional groups attached to an aromatic ring is 1. The van der Waals surface area contributed by atoms with Crippen molar-refractivity contribution < 1.29 is 14.5 Å². The summed E-state index contributed by atoms with van der Waals surface area (Å²) in [4.78, 5) is 35.5. The van der Waals surface area contributed by atoms with Crippen LogP contribution in [0.15, 0.2) is 18.2 Å². The molecule has 1 aromatic rings. The van der Waals surface area contributed by atoms with E-state index in [1.165, 1.54) is 23.1 Å². The number of nitro benzene ring substituents is 1. The molecule has 0 aliphatic carbocycles. The maximum absolute atomic E-state index is 12.4. The van der Waals surface area contributed by atoms with Crippen molar-refractivity contribution in [1.29, 1.82) is 0 Å². The summed E-state index contributed by atoms with van der Waals surface area (Å²) in [5.41, 5.74) is 5.23. The number of carbonyl (C=O) groups is 2. The zero-order valence-corrected chi connectivity index (χ0v) is 10.8. The average Bonchev–Trinajstić information content (AvgIpc) is 2.41. The Morgan fingerprint density at radius 1 is 1.55 bits per heavy atom. The molecule has 2 amide bonds. The second kappa shape index (κ2) is 5.16. The van der Waals surface area contributed by atoms with Gasteiger partial charge in [-0.1, -0.05) is 6.07 Å². The lowest BCUT2D eigenvalue weighted by atomic mass is 10.1. The molecule has 1 aliphatic heterocycles. The van der Waals surface area contributed by atoms with Crippen molar-refractivity contribution in [2.45, 2.75) is 13.0 Å². The first-order chi connectivity index (χ1) is 9.43. The second-order valence-electron chi connectivity index (χ2n) is 4.46. The number of amides is 2. The number of rotatable bonds is 2. The van der Waals surface area contributed by atoms with E-state index in [0.717, 1.165) is 0 Å². The number of nitrogens with two attached hydrogens (primary N) is 1. The number of piperazine rings is 1. The van der Waals surface area contributed by atoms with Gasteiger partial charge < -0.3 is 16.0 Å². The highest BCUT2D eigenvalue weighted by atomic mass is 16.6. The Morgan fingerprint density at radius 2 is 2.25 bits per heavy atom. The van der Waals surface area contributed by atoms with Crippen LogP contribution in [0, 0.1) is 10.1 Å². The number of nitrogens with one attached hydrogen (secondary N) is 1. The Balaban J connectivity index is 2.36. The van der Waals surface area contributed by atoms with Crippen molar-refractivity contribution in [3.8, 4) is 0 Å². The van der Waals surface area contributed by atoms with Crippen LogP contribution in [0.2, 0.25) is 0 Å². The van der Waals surface area contributed by atoms with Crippen molar-refractivity contribution in [1.82, 2.24) is 10.2 Å². The van der Waals surface area contributed by atoms with Crippen molar-refractivity contribution in [2.24, 2.45) is 0 Å². The molecular formula is C12H14N4O4. The Kier molecular flexibility index (Phi) is 3.55. The van der Waals surface area contributed by atoms with Gasteiger partial charge in [-0.05, 0) is 13.0 Å². The van der Waals surface area contributed by atoms with Crippen molar-refractivity contribution in [3.05, 3.63) is 33.9 Å². The van der Waals surface area contributed by atoms with E-state index in [-0.39, 0.29) is 22.8 Å². The standard InChI is InChI=1S/C12H14N4O4/c1-7-11(17)14-5-6-15(7)12(18)8-3-2-4-9(10(8)13)16(19)20/h2-4,7H,5-6,13H2,1H3,(H,14,17). The van der Waals surface area contributed by atoms with Crippen molar-refractivity contribution >= 4 is 23.2 Å². The fourth-order valence-electron chi connectivity index (χ4n) is 2.11. The monoisotopic (exact) mass is 278 g/mol. The predicted octanol–water partition coefficient (Wildman–Crippen LogP) is 0.137. The molecule has 2 rings (SSSR count). The third-order valence-electron chi connectivity index (χ3n) is 3.27. The summed E-state index contributed by atoms with van der Waals surface area (Å²) >= 11 is 0. The fourth-order valence-corrected chi connectivity index (χ4v) is 2.11. The lowest BCUT2D eigenvalue weighted by molar-refractivity contribution is -0.383. The summed E-state index contributed by atoms with van der Waals surface area (Å²) in [6.45, 7) is 2.29. The molecule has 3 N–H and O–H groups in total. The van der Waals surface area contributed by atoms with Crippen LogP contribution in [0.5, 0.6) is 0 Å². The number of hydrogen-bond donors (Lipinski definition) is 2. The molecule has 1 aromatic carbocycles. The summed E-state index contributed by atoms with van der Waals surface area (Å²) in [6, 6.07) is 3.42. The van der Waals surface area contributed by atoms with Gasteiger partial charge in [0.2, 0.25) is 5.91 Å². The second-order valence-corrected chi connectivity index (χ2v) is 4.46. The third-order valence-corrected chi connectivity index (χ3v) is 3.27. The average molecular weight is 278 g/mol. The maximum Gasteiger partial charge on any atom is 0.292 e. The Labute approximate surface area is 114 Å². The van der Waals surface area contributed by atoms with Gasteiger partial charge in [0.15, 0.2) is 0 Å². The van der Waals surface area contributed by atoms with Crippen LogP contribution in [0.25, 0.3) is 0 Å². The van der Waals surface area contributed by atoms with Crippen molar-refractivity contribution in [2.75, 3.05) is 18.8 Å². The summed E-state index contributed by atoms with van der Waals surface area (Å²) in [7, 11) is 0. The van der Waals surface area contributed by atoms with Crippen LogP contribution in [0.4, 0.5) is 11.4 Å². The molecule has 0 aromatic heterocycles. The van der Waals surface area contributed by atoms with Gasteiger partial charge in [0.1, 0.15) is 11.7 Å². The quantitative estimate of drug-likeness (QED) is 0.453. The van der Waals surface area contributed by atoms with Gasteiger partial charge in [0.05, 0.1) is 10.5 Å². The first-order valence-electron chi connectivity index (χ1n) is 6.05. The molecule has 8 heteroatoms. The molecule has 1 atom stereocenters. The predicted molar refractivity (Wildman–Crippen MR) is 71.0 cm³/mol. The molecule has 106 valence electrons. The topological polar surface area (TPSA) is 119 Å². The number of hydrogen-bond acceptors (Lipinski definition) is 5. The van der Waals surface area contributed by atoms with Gasteiger partial charge in [0, 0.05) is 19.2 Å². The summed E-state index contributed by atoms with van der Waals surface area (Å²) in [5, 5.41) is 13.5. The van der Waals surface area contributed by atoms with E-state index in [4.69, 9.17) is 5.73 Å². The van der Waals surface area contributed by atoms with Gasteiger partial charge in [-0.25, -0.2) is 0 Å². The summed E-state index contributed by atoms with van der Waals surface area (Å²) in [5.74, 6) is -0.734. The Bertz CT molecular complexity index is 587. The highest BCUT2D eigenvalue weighted by Gasteiger charge is 2.31. The third kappa shape index (κ3) is 2.27. The number of anilines is 1. The molecule has 0 bridgehead atoms. The van der Waals surface area contributed by atoms with E-state index >= 15 is 0 Å². The minimum absolute atomic E-state index is 0.0424. The lowest BCUT2D eigenvalue weighted by Crippen LogP contribution is -2.55. The molecule has 0 radical (unpaired) electrons. The molecule has 0 saturated carbocycles. The summed E-state index contributed by atoms with van der Waals surface area (Å²) < 4.78 is 0. The zero-order chi connectivity index (χ0) is 14.9. The molecule has 20 heavy (non-hydrogen) atoms. The normalized spacial score (nSPS) is 18.6. The molecule has 1 aliphatic rings. The van der Waals surface area contributed by atoms with Crippen LogP contribution in [-0.4, -0.2) is 40.8 Å². The van der Waals surface area contributed by atoms with Gasteiger partial charge in [0.25, 0.3) is 11.6 Å². The molecule has 0 spiro atoms. The van der Waals surface area contributed by atoms with Crippen LogP contribution < -0.4 is 11.1 Å². The molecule has 8 nitrogen and oxygen atoms in total. The number of benzene rings is 1. The Morgan fingerprint density at radius 3 is 2.90 bits per heavy atom. The van der Waals surface area contributed by atoms with E-state index in [0.29, 0.717) is 13.1 Å². The van der Waals surface area contributed by atoms with Gasteiger partial charge in [-0.15, -0.1) is 0 Å². The van der Waals surface area contributed by atoms with Crippen LogP contribution in [-0.2, 0) is 4.79 Å². The van der Waals surface area contributed by atoms with Gasteiger partial charge in [-0.3, -0.25) is 19.7 Å². The highest BCUT2D eigenvalue weighted by molar-refractivity contribution is 6.03. The Hall–Kier alpha value is -2.64. The van der Waals surface area contributed by atoms with Gasteiger partial charge in [-0.2, -0.15) is 0 Å². The minimum Gasteiger partial charge on any atom is -0.393 e. The van der Waals surface area contributed by atoms with E-state index in [9.17, 15) is 19.7 Å². The van der Waals surface area contributed by atoms with Crippen LogP contribution in [0.3, 0.4) is 0 Å². The molecule has 1 heterocycles. The smallest absolute Gasteiger partial charge is 0.292 e. The zero-order valence-electron chi connectivity index (χ0n) is 10.8.